The summed E-state index contributed by atoms with van der Waals surface area (Å²) in [4.78, 5) is 2.59. The second kappa shape index (κ2) is 7.10. The van der Waals surface area contributed by atoms with Crippen LogP contribution in [0.4, 0.5) is 0 Å². The van der Waals surface area contributed by atoms with Crippen molar-refractivity contribution in [3.05, 3.63) is 53.9 Å². The van der Waals surface area contributed by atoms with Crippen molar-refractivity contribution in [3.63, 3.8) is 0 Å². The van der Waals surface area contributed by atoms with Crippen molar-refractivity contribution in [1.29, 1.82) is 0 Å². The minimum Gasteiger partial charge on any atom is -0.299 e. The molecule has 2 heterocycles. The molecule has 0 amide bonds. The lowest BCUT2D eigenvalue weighted by molar-refractivity contribution is 0.164. The van der Waals surface area contributed by atoms with Gasteiger partial charge in [-0.1, -0.05) is 38.1 Å². The first-order valence-corrected chi connectivity index (χ1v) is 8.49. The number of aromatic nitrogens is 2. The molecule has 3 heteroatoms. The van der Waals surface area contributed by atoms with Crippen molar-refractivity contribution in [1.82, 2.24) is 14.7 Å². The summed E-state index contributed by atoms with van der Waals surface area (Å²) < 4.78 is 2.07. The summed E-state index contributed by atoms with van der Waals surface area (Å²) in [6.45, 7) is 9.07. The summed E-state index contributed by atoms with van der Waals surface area (Å²) in [6.07, 6.45) is 6.51. The van der Waals surface area contributed by atoms with Gasteiger partial charge in [0.2, 0.25) is 0 Å². The average Bonchev–Trinajstić information content (AvgIpc) is 3.03. The number of rotatable bonds is 5. The van der Waals surface area contributed by atoms with Gasteiger partial charge in [0.1, 0.15) is 0 Å². The SMILES string of the molecule is CC(C)c1ccc(CN2CCC(Cn3cccn3)CC2)cc1. The summed E-state index contributed by atoms with van der Waals surface area (Å²) >= 11 is 0. The van der Waals surface area contributed by atoms with Crippen LogP contribution in [0.25, 0.3) is 0 Å². The number of benzene rings is 1. The Morgan fingerprint density at radius 2 is 1.86 bits per heavy atom. The van der Waals surface area contributed by atoms with Crippen LogP contribution in [-0.4, -0.2) is 27.8 Å². The zero-order valence-corrected chi connectivity index (χ0v) is 13.8. The van der Waals surface area contributed by atoms with Crippen molar-refractivity contribution in [3.8, 4) is 0 Å². The van der Waals surface area contributed by atoms with E-state index in [0.717, 1.165) is 19.0 Å². The first kappa shape index (κ1) is 15.3. The fourth-order valence-corrected chi connectivity index (χ4v) is 3.27. The van der Waals surface area contributed by atoms with E-state index in [2.05, 4.69) is 59.0 Å². The van der Waals surface area contributed by atoms with E-state index in [9.17, 15) is 0 Å². The van der Waals surface area contributed by atoms with Crippen molar-refractivity contribution in [2.75, 3.05) is 13.1 Å². The second-order valence-electron chi connectivity index (χ2n) is 6.84. The van der Waals surface area contributed by atoms with Gasteiger partial charge in [-0.25, -0.2) is 0 Å². The standard InChI is InChI=1S/C19H27N3/c1-16(2)19-6-4-17(5-7-19)14-21-12-8-18(9-13-21)15-22-11-3-10-20-22/h3-7,10-11,16,18H,8-9,12-15H2,1-2H3. The fraction of sp³-hybridized carbons (Fsp3) is 0.526. The second-order valence-corrected chi connectivity index (χ2v) is 6.84. The minimum atomic E-state index is 0.618. The molecular formula is C19H27N3. The third-order valence-corrected chi connectivity index (χ3v) is 4.76. The molecule has 1 aliphatic heterocycles. The lowest BCUT2D eigenvalue weighted by atomic mass is 9.96. The van der Waals surface area contributed by atoms with Gasteiger partial charge in [0.15, 0.2) is 0 Å². The smallest absolute Gasteiger partial charge is 0.0489 e. The minimum absolute atomic E-state index is 0.618. The van der Waals surface area contributed by atoms with Crippen LogP contribution in [0.1, 0.15) is 43.7 Å². The van der Waals surface area contributed by atoms with E-state index < -0.39 is 0 Å². The van der Waals surface area contributed by atoms with Crippen LogP contribution in [-0.2, 0) is 13.1 Å². The summed E-state index contributed by atoms with van der Waals surface area (Å²) in [5.74, 6) is 1.39. The van der Waals surface area contributed by atoms with E-state index in [0.29, 0.717) is 5.92 Å². The topological polar surface area (TPSA) is 21.1 Å². The Labute approximate surface area is 133 Å². The molecule has 1 fully saturated rings. The molecule has 0 N–H and O–H groups in total. The highest BCUT2D eigenvalue weighted by Crippen LogP contribution is 2.21. The maximum Gasteiger partial charge on any atom is 0.0489 e. The molecule has 118 valence electrons. The van der Waals surface area contributed by atoms with Gasteiger partial charge in [-0.15, -0.1) is 0 Å². The number of piperidine rings is 1. The summed E-state index contributed by atoms with van der Waals surface area (Å²) in [6, 6.07) is 11.2. The summed E-state index contributed by atoms with van der Waals surface area (Å²) in [5.41, 5.74) is 2.87. The molecule has 1 saturated heterocycles. The molecule has 0 saturated carbocycles. The van der Waals surface area contributed by atoms with Gasteiger partial charge in [-0.05, 0) is 55.0 Å². The zero-order chi connectivity index (χ0) is 15.4. The molecule has 1 aromatic heterocycles. The van der Waals surface area contributed by atoms with Crippen LogP contribution >= 0.6 is 0 Å². The first-order valence-electron chi connectivity index (χ1n) is 8.49. The van der Waals surface area contributed by atoms with Crippen LogP contribution in [0.15, 0.2) is 42.7 Å². The third kappa shape index (κ3) is 3.98. The van der Waals surface area contributed by atoms with Crippen molar-refractivity contribution in [2.24, 2.45) is 5.92 Å². The van der Waals surface area contributed by atoms with Crippen LogP contribution in [0.5, 0.6) is 0 Å². The Morgan fingerprint density at radius 1 is 1.14 bits per heavy atom. The van der Waals surface area contributed by atoms with Crippen molar-refractivity contribution < 1.29 is 0 Å². The third-order valence-electron chi connectivity index (χ3n) is 4.76. The Hall–Kier alpha value is -1.61. The molecule has 0 atom stereocenters. The molecule has 3 nitrogen and oxygen atoms in total. The highest BCUT2D eigenvalue weighted by Gasteiger charge is 2.19. The predicted octanol–water partition coefficient (Wildman–Crippen LogP) is 3.92. The van der Waals surface area contributed by atoms with Gasteiger partial charge in [0, 0.05) is 25.5 Å². The molecular weight excluding hydrogens is 270 g/mol. The highest BCUT2D eigenvalue weighted by atomic mass is 15.3. The van der Waals surface area contributed by atoms with Gasteiger partial charge < -0.3 is 0 Å². The molecule has 3 rings (SSSR count). The largest absolute Gasteiger partial charge is 0.299 e. The van der Waals surface area contributed by atoms with Gasteiger partial charge >= 0.3 is 0 Å². The van der Waals surface area contributed by atoms with E-state index in [4.69, 9.17) is 0 Å². The Morgan fingerprint density at radius 3 is 2.45 bits per heavy atom. The van der Waals surface area contributed by atoms with Crippen LogP contribution in [0.2, 0.25) is 0 Å². The van der Waals surface area contributed by atoms with Crippen LogP contribution in [0, 0.1) is 5.92 Å². The molecule has 0 aliphatic carbocycles. The Balaban J connectivity index is 1.47. The predicted molar refractivity (Wildman–Crippen MR) is 90.8 cm³/mol. The maximum atomic E-state index is 4.32. The van der Waals surface area contributed by atoms with E-state index >= 15 is 0 Å². The summed E-state index contributed by atoms with van der Waals surface area (Å²) in [5, 5.41) is 4.32. The zero-order valence-electron chi connectivity index (χ0n) is 13.8. The molecule has 1 aromatic carbocycles. The van der Waals surface area contributed by atoms with Crippen LogP contribution in [0.3, 0.4) is 0 Å². The van der Waals surface area contributed by atoms with Gasteiger partial charge in [-0.3, -0.25) is 9.58 Å². The monoisotopic (exact) mass is 297 g/mol. The lowest BCUT2D eigenvalue weighted by Gasteiger charge is -2.32. The molecule has 2 aromatic rings. The number of hydrogen-bond acceptors (Lipinski definition) is 2. The molecule has 0 spiro atoms. The average molecular weight is 297 g/mol. The molecule has 0 bridgehead atoms. The van der Waals surface area contributed by atoms with E-state index in [1.54, 1.807) is 0 Å². The molecule has 1 aliphatic rings. The van der Waals surface area contributed by atoms with E-state index in [1.807, 2.05) is 12.3 Å². The quantitative estimate of drug-likeness (QED) is 0.834. The van der Waals surface area contributed by atoms with Gasteiger partial charge in [-0.2, -0.15) is 5.10 Å². The van der Waals surface area contributed by atoms with E-state index in [1.165, 1.54) is 37.1 Å². The van der Waals surface area contributed by atoms with E-state index in [-0.39, 0.29) is 0 Å². The molecule has 0 radical (unpaired) electrons. The van der Waals surface area contributed by atoms with Crippen molar-refractivity contribution >= 4 is 0 Å². The number of hydrogen-bond donors (Lipinski definition) is 0. The number of likely N-dealkylation sites (tertiary alicyclic amines) is 1. The first-order chi connectivity index (χ1) is 10.7. The normalized spacial score (nSPS) is 17.2. The lowest BCUT2D eigenvalue weighted by Crippen LogP contribution is -2.34. The molecule has 22 heavy (non-hydrogen) atoms. The fourth-order valence-electron chi connectivity index (χ4n) is 3.27. The highest BCUT2D eigenvalue weighted by molar-refractivity contribution is 5.24. The summed E-state index contributed by atoms with van der Waals surface area (Å²) in [7, 11) is 0. The van der Waals surface area contributed by atoms with Crippen molar-refractivity contribution in [2.45, 2.75) is 45.7 Å². The molecule has 0 unspecified atom stereocenters. The van der Waals surface area contributed by atoms with Crippen LogP contribution < -0.4 is 0 Å². The van der Waals surface area contributed by atoms with Gasteiger partial charge in [0.25, 0.3) is 0 Å². The Bertz CT molecular complexity index is 549. The number of nitrogens with zero attached hydrogens (tertiary/aromatic N) is 3. The van der Waals surface area contributed by atoms with Gasteiger partial charge in [0.05, 0.1) is 0 Å². The Kier molecular flexibility index (Phi) is 4.94. The maximum absolute atomic E-state index is 4.32.